The van der Waals surface area contributed by atoms with Crippen LogP contribution in [0.15, 0.2) is 42.5 Å². The highest BCUT2D eigenvalue weighted by Gasteiger charge is 2.28. The van der Waals surface area contributed by atoms with E-state index in [4.69, 9.17) is 9.94 Å². The van der Waals surface area contributed by atoms with E-state index in [-0.39, 0.29) is 42.1 Å². The van der Waals surface area contributed by atoms with Crippen molar-refractivity contribution in [2.75, 3.05) is 12.3 Å². The second-order valence-corrected chi connectivity index (χ2v) is 5.73. The minimum Gasteiger partial charge on any atom is -0.733 e. The molecule has 25 heavy (non-hydrogen) atoms. The van der Waals surface area contributed by atoms with Crippen LogP contribution in [-0.2, 0) is 16.1 Å². The summed E-state index contributed by atoms with van der Waals surface area (Å²) in [5, 5.41) is 20.0. The van der Waals surface area contributed by atoms with E-state index in [0.717, 1.165) is 5.56 Å². The lowest BCUT2D eigenvalue weighted by Crippen LogP contribution is -2.28. The van der Waals surface area contributed by atoms with Crippen LogP contribution in [0.2, 0.25) is 0 Å². The number of benzene rings is 2. The Morgan fingerprint density at radius 2 is 1.88 bits per heavy atom. The van der Waals surface area contributed by atoms with E-state index in [2.05, 4.69) is 0 Å². The molecule has 1 fully saturated rings. The van der Waals surface area contributed by atoms with Crippen molar-refractivity contribution in [1.82, 2.24) is 4.90 Å². The number of hydrogen-bond acceptors (Lipinski definition) is 6. The molecule has 0 radical (unpaired) electrons. The molecule has 3 rings (SSSR count). The molecule has 1 heterocycles. The molecule has 0 bridgehead atoms. The Hall–Kier alpha value is -2.90. The third-order valence-corrected chi connectivity index (χ3v) is 4.14. The average molecular weight is 341 g/mol. The molecule has 1 aliphatic rings. The highest BCUT2D eigenvalue weighted by Crippen LogP contribution is 2.33. The van der Waals surface area contributed by atoms with E-state index in [9.17, 15) is 14.8 Å². The van der Waals surface area contributed by atoms with E-state index >= 15 is 0 Å². The van der Waals surface area contributed by atoms with Crippen molar-refractivity contribution in [2.45, 2.75) is 19.4 Å². The van der Waals surface area contributed by atoms with Gasteiger partial charge in [0.2, 0.25) is 11.8 Å². The van der Waals surface area contributed by atoms with Crippen molar-refractivity contribution in [3.63, 3.8) is 0 Å². The van der Waals surface area contributed by atoms with Crippen molar-refractivity contribution in [2.24, 2.45) is 0 Å². The molecule has 2 aromatic rings. The number of methoxy groups -OCH3 is 1. The van der Waals surface area contributed by atoms with Crippen LogP contribution in [0.5, 0.6) is 5.75 Å². The first kappa shape index (κ1) is 16.9. The van der Waals surface area contributed by atoms with Crippen molar-refractivity contribution in [1.29, 1.82) is 0 Å². The van der Waals surface area contributed by atoms with Gasteiger partial charge in [0.05, 0.1) is 19.3 Å². The third kappa shape index (κ3) is 3.47. The van der Waals surface area contributed by atoms with Gasteiger partial charge in [-0.25, -0.2) is 0 Å². The first-order valence-corrected chi connectivity index (χ1v) is 7.76. The van der Waals surface area contributed by atoms with Crippen LogP contribution < -0.4 is 9.96 Å². The maximum absolute atomic E-state index is 11.8. The summed E-state index contributed by atoms with van der Waals surface area (Å²) in [6.07, 6.45) is 0.499. The molecule has 1 N–H and O–H groups in total. The van der Waals surface area contributed by atoms with Gasteiger partial charge in [0.15, 0.2) is 0 Å². The summed E-state index contributed by atoms with van der Waals surface area (Å²) in [5.41, 5.74) is 2.23. The SMILES string of the molecule is COc1ccc(CN2C(=O)CCC2=O)cc1-c1cccc(N([O-])O)c1. The fraction of sp³-hybridized carbons (Fsp3) is 0.222. The molecule has 2 amide bonds. The first-order valence-electron chi connectivity index (χ1n) is 7.76. The average Bonchev–Trinajstić information content (AvgIpc) is 2.93. The van der Waals surface area contributed by atoms with Gasteiger partial charge in [-0.1, -0.05) is 18.2 Å². The Balaban J connectivity index is 1.97. The van der Waals surface area contributed by atoms with Crippen molar-refractivity contribution < 1.29 is 19.5 Å². The molecular weight excluding hydrogens is 324 g/mol. The van der Waals surface area contributed by atoms with E-state index in [1.165, 1.54) is 24.1 Å². The van der Waals surface area contributed by atoms with E-state index in [1.54, 1.807) is 24.3 Å². The lowest BCUT2D eigenvalue weighted by molar-refractivity contribution is -0.139. The summed E-state index contributed by atoms with van der Waals surface area (Å²) < 4.78 is 5.37. The van der Waals surface area contributed by atoms with Crippen LogP contribution in [0, 0.1) is 5.21 Å². The summed E-state index contributed by atoms with van der Waals surface area (Å²) in [7, 11) is 1.53. The van der Waals surface area contributed by atoms with Crippen LogP contribution in [-0.4, -0.2) is 29.0 Å². The second kappa shape index (κ2) is 6.92. The molecule has 1 aliphatic heterocycles. The number of carbonyl (C=O) groups is 2. The number of carbonyl (C=O) groups excluding carboxylic acids is 2. The quantitative estimate of drug-likeness (QED) is 0.664. The normalized spacial score (nSPS) is 14.1. The van der Waals surface area contributed by atoms with E-state index in [1.807, 2.05) is 6.07 Å². The lowest BCUT2D eigenvalue weighted by Gasteiger charge is -2.22. The van der Waals surface area contributed by atoms with Gasteiger partial charge in [0.25, 0.3) is 0 Å². The lowest BCUT2D eigenvalue weighted by atomic mass is 10.0. The fourth-order valence-corrected chi connectivity index (χ4v) is 2.85. The zero-order valence-electron chi connectivity index (χ0n) is 13.6. The fourth-order valence-electron chi connectivity index (χ4n) is 2.85. The molecule has 0 spiro atoms. The van der Waals surface area contributed by atoms with Gasteiger partial charge in [0, 0.05) is 18.4 Å². The van der Waals surface area contributed by atoms with Gasteiger partial charge < -0.3 is 15.2 Å². The molecule has 0 aromatic heterocycles. The smallest absolute Gasteiger partial charge is 0.229 e. The van der Waals surface area contributed by atoms with Crippen molar-refractivity contribution in [3.8, 4) is 16.9 Å². The maximum atomic E-state index is 11.8. The van der Waals surface area contributed by atoms with E-state index < -0.39 is 0 Å². The predicted molar refractivity (Wildman–Crippen MR) is 90.9 cm³/mol. The first-order chi connectivity index (χ1) is 12.0. The standard InChI is InChI=1S/C18H17N2O5/c1-25-16-6-5-12(11-19-17(21)7-8-18(19)22)9-15(16)13-3-2-4-14(10-13)20(23)24/h2-6,9-10,23H,7-8,11H2,1H3/q-1. The van der Waals surface area contributed by atoms with Crippen molar-refractivity contribution >= 4 is 17.5 Å². The Labute approximate surface area is 144 Å². The number of anilines is 1. The largest absolute Gasteiger partial charge is 0.733 e. The molecule has 7 heteroatoms. The molecule has 2 aromatic carbocycles. The van der Waals surface area contributed by atoms with Gasteiger partial charge in [-0.2, -0.15) is 0 Å². The summed E-state index contributed by atoms with van der Waals surface area (Å²) >= 11 is 0. The third-order valence-electron chi connectivity index (χ3n) is 4.14. The van der Waals surface area contributed by atoms with Gasteiger partial charge in [0.1, 0.15) is 5.75 Å². The molecule has 0 atom stereocenters. The molecule has 0 unspecified atom stereocenters. The molecular formula is C18H17N2O5-. The molecule has 0 saturated carbocycles. The topological polar surface area (TPSA) is 93.1 Å². The van der Waals surface area contributed by atoms with Gasteiger partial charge in [-0.05, 0) is 35.4 Å². The van der Waals surface area contributed by atoms with Gasteiger partial charge in [-0.3, -0.25) is 19.7 Å². The highest BCUT2D eigenvalue weighted by atomic mass is 16.8. The van der Waals surface area contributed by atoms with Crippen molar-refractivity contribution in [3.05, 3.63) is 53.2 Å². The zero-order valence-corrected chi connectivity index (χ0v) is 13.6. The Bertz CT molecular complexity index is 803. The molecule has 130 valence electrons. The van der Waals surface area contributed by atoms with Gasteiger partial charge in [-0.15, -0.1) is 0 Å². The number of amides is 2. The predicted octanol–water partition coefficient (Wildman–Crippen LogP) is 2.70. The minimum atomic E-state index is -0.207. The monoisotopic (exact) mass is 341 g/mol. The van der Waals surface area contributed by atoms with Crippen LogP contribution in [0.4, 0.5) is 5.69 Å². The number of hydrogen-bond donors (Lipinski definition) is 1. The maximum Gasteiger partial charge on any atom is 0.229 e. The minimum absolute atomic E-state index is 0.0925. The van der Waals surface area contributed by atoms with Gasteiger partial charge >= 0.3 is 0 Å². The zero-order chi connectivity index (χ0) is 18.0. The number of ether oxygens (including phenoxy) is 1. The Kier molecular flexibility index (Phi) is 4.69. The van der Waals surface area contributed by atoms with E-state index in [0.29, 0.717) is 16.9 Å². The second-order valence-electron chi connectivity index (χ2n) is 5.73. The van der Waals surface area contributed by atoms with Crippen LogP contribution in [0.3, 0.4) is 0 Å². The molecule has 7 nitrogen and oxygen atoms in total. The number of likely N-dealkylation sites (tertiary alicyclic amines) is 1. The number of rotatable bonds is 5. The molecule has 1 saturated heterocycles. The summed E-state index contributed by atoms with van der Waals surface area (Å²) in [6, 6.07) is 11.8. The number of nitrogens with zero attached hydrogens (tertiary/aromatic N) is 2. The summed E-state index contributed by atoms with van der Waals surface area (Å²) in [4.78, 5) is 24.8. The summed E-state index contributed by atoms with van der Waals surface area (Å²) in [6.45, 7) is 0.196. The molecule has 0 aliphatic carbocycles. The van der Waals surface area contributed by atoms with Crippen LogP contribution >= 0.6 is 0 Å². The highest BCUT2D eigenvalue weighted by molar-refractivity contribution is 6.01. The Morgan fingerprint density at radius 3 is 2.52 bits per heavy atom. The van der Waals surface area contributed by atoms with Crippen LogP contribution in [0.1, 0.15) is 18.4 Å². The Morgan fingerprint density at radius 1 is 1.16 bits per heavy atom. The summed E-state index contributed by atoms with van der Waals surface area (Å²) in [5.74, 6) is 0.230. The number of imide groups is 1. The van der Waals surface area contributed by atoms with Crippen LogP contribution in [0.25, 0.3) is 11.1 Å².